The third kappa shape index (κ3) is 3.25. The van der Waals surface area contributed by atoms with Crippen LogP contribution in [0.5, 0.6) is 0 Å². The Morgan fingerprint density at radius 1 is 1.62 bits per heavy atom. The lowest BCUT2D eigenvalue weighted by atomic mass is 10.0. The van der Waals surface area contributed by atoms with Gasteiger partial charge in [0.05, 0.1) is 19.6 Å². The molecule has 1 heterocycles. The molecule has 16 heavy (non-hydrogen) atoms. The SMILES string of the molecule is COC(=O)CC(O)C(O)c1ccnc(F)c1. The van der Waals surface area contributed by atoms with Crippen molar-refractivity contribution in [2.24, 2.45) is 0 Å². The maximum atomic E-state index is 12.7. The zero-order chi connectivity index (χ0) is 12.1. The fourth-order valence-corrected chi connectivity index (χ4v) is 1.19. The molecule has 0 saturated heterocycles. The van der Waals surface area contributed by atoms with Gasteiger partial charge < -0.3 is 14.9 Å². The summed E-state index contributed by atoms with van der Waals surface area (Å²) in [4.78, 5) is 14.2. The topological polar surface area (TPSA) is 79.7 Å². The van der Waals surface area contributed by atoms with Gasteiger partial charge in [0.15, 0.2) is 0 Å². The van der Waals surface area contributed by atoms with E-state index in [2.05, 4.69) is 9.72 Å². The van der Waals surface area contributed by atoms with Crippen LogP contribution in [0.25, 0.3) is 0 Å². The van der Waals surface area contributed by atoms with Gasteiger partial charge in [0, 0.05) is 6.20 Å². The summed E-state index contributed by atoms with van der Waals surface area (Å²) in [5.74, 6) is -1.41. The van der Waals surface area contributed by atoms with Crippen LogP contribution in [0.3, 0.4) is 0 Å². The van der Waals surface area contributed by atoms with E-state index in [1.807, 2.05) is 0 Å². The number of ether oxygens (including phenoxy) is 1. The number of aromatic nitrogens is 1. The van der Waals surface area contributed by atoms with Gasteiger partial charge in [0.25, 0.3) is 0 Å². The molecule has 2 atom stereocenters. The molecule has 88 valence electrons. The maximum Gasteiger partial charge on any atom is 0.308 e. The molecule has 2 unspecified atom stereocenters. The largest absolute Gasteiger partial charge is 0.469 e. The first-order chi connectivity index (χ1) is 7.54. The Morgan fingerprint density at radius 3 is 2.88 bits per heavy atom. The molecule has 1 aromatic rings. The number of aliphatic hydroxyl groups excluding tert-OH is 2. The van der Waals surface area contributed by atoms with Gasteiger partial charge in [0.1, 0.15) is 6.10 Å². The van der Waals surface area contributed by atoms with E-state index < -0.39 is 24.1 Å². The van der Waals surface area contributed by atoms with Crippen molar-refractivity contribution >= 4 is 5.97 Å². The van der Waals surface area contributed by atoms with Crippen molar-refractivity contribution in [1.29, 1.82) is 0 Å². The van der Waals surface area contributed by atoms with Gasteiger partial charge >= 0.3 is 5.97 Å². The molecule has 0 aliphatic heterocycles. The molecule has 2 N–H and O–H groups in total. The van der Waals surface area contributed by atoms with Crippen molar-refractivity contribution in [1.82, 2.24) is 4.98 Å². The molecule has 0 spiro atoms. The van der Waals surface area contributed by atoms with Crippen molar-refractivity contribution in [2.45, 2.75) is 18.6 Å². The van der Waals surface area contributed by atoms with Gasteiger partial charge in [-0.3, -0.25) is 4.79 Å². The van der Waals surface area contributed by atoms with Crippen LogP contribution in [-0.2, 0) is 9.53 Å². The number of nitrogens with zero attached hydrogens (tertiary/aromatic N) is 1. The molecular formula is C10H12FNO4. The Balaban J connectivity index is 2.70. The first kappa shape index (κ1) is 12.5. The second-order valence-corrected chi connectivity index (χ2v) is 3.20. The number of aliphatic hydroxyl groups is 2. The molecule has 0 aromatic carbocycles. The van der Waals surface area contributed by atoms with Gasteiger partial charge in [0.2, 0.25) is 5.95 Å². The fourth-order valence-electron chi connectivity index (χ4n) is 1.19. The first-order valence-corrected chi connectivity index (χ1v) is 4.59. The van der Waals surface area contributed by atoms with Crippen LogP contribution in [0.4, 0.5) is 4.39 Å². The standard InChI is InChI=1S/C10H12FNO4/c1-16-9(14)5-7(13)10(15)6-2-3-12-8(11)4-6/h2-4,7,10,13,15H,5H2,1H3. The van der Waals surface area contributed by atoms with Crippen molar-refractivity contribution in [2.75, 3.05) is 7.11 Å². The number of hydrogen-bond donors (Lipinski definition) is 2. The molecule has 5 nitrogen and oxygen atoms in total. The molecule has 1 rings (SSSR count). The molecule has 0 saturated carbocycles. The highest BCUT2D eigenvalue weighted by molar-refractivity contribution is 5.69. The number of halogens is 1. The highest BCUT2D eigenvalue weighted by Crippen LogP contribution is 2.19. The quantitative estimate of drug-likeness (QED) is 0.568. The summed E-state index contributed by atoms with van der Waals surface area (Å²) >= 11 is 0. The Bertz CT molecular complexity index is 372. The number of pyridine rings is 1. The van der Waals surface area contributed by atoms with Crippen molar-refractivity contribution < 1.29 is 24.1 Å². The molecule has 0 radical (unpaired) electrons. The summed E-state index contributed by atoms with van der Waals surface area (Å²) < 4.78 is 17.1. The van der Waals surface area contributed by atoms with E-state index in [9.17, 15) is 19.4 Å². The number of rotatable bonds is 4. The molecule has 0 aliphatic rings. The summed E-state index contributed by atoms with van der Waals surface area (Å²) in [6.45, 7) is 0. The summed E-state index contributed by atoms with van der Waals surface area (Å²) in [6.07, 6.45) is -1.88. The van der Waals surface area contributed by atoms with E-state index in [0.717, 1.165) is 6.07 Å². The average Bonchev–Trinajstić information content (AvgIpc) is 2.27. The van der Waals surface area contributed by atoms with Gasteiger partial charge in [-0.2, -0.15) is 4.39 Å². The Morgan fingerprint density at radius 2 is 2.31 bits per heavy atom. The van der Waals surface area contributed by atoms with E-state index in [0.29, 0.717) is 0 Å². The monoisotopic (exact) mass is 229 g/mol. The zero-order valence-electron chi connectivity index (χ0n) is 8.63. The lowest BCUT2D eigenvalue weighted by Crippen LogP contribution is -2.22. The molecule has 0 fully saturated rings. The van der Waals surface area contributed by atoms with Gasteiger partial charge in [-0.25, -0.2) is 4.98 Å². The van der Waals surface area contributed by atoms with Crippen LogP contribution >= 0.6 is 0 Å². The normalized spacial score (nSPS) is 14.2. The maximum absolute atomic E-state index is 12.7. The molecule has 0 bridgehead atoms. The lowest BCUT2D eigenvalue weighted by molar-refractivity contribution is -0.144. The summed E-state index contributed by atoms with van der Waals surface area (Å²) in [5, 5.41) is 19.1. The van der Waals surface area contributed by atoms with Crippen molar-refractivity contribution in [3.8, 4) is 0 Å². The van der Waals surface area contributed by atoms with Crippen LogP contribution < -0.4 is 0 Å². The van der Waals surface area contributed by atoms with Crippen LogP contribution in [0.2, 0.25) is 0 Å². The number of hydrogen-bond acceptors (Lipinski definition) is 5. The predicted octanol–water partition coefficient (Wildman–Crippen LogP) is 0.178. The van der Waals surface area contributed by atoms with Crippen LogP contribution in [0.15, 0.2) is 18.3 Å². The molecule has 0 aliphatic carbocycles. The molecule has 0 amide bonds. The number of methoxy groups -OCH3 is 1. The first-order valence-electron chi connectivity index (χ1n) is 4.59. The summed E-state index contributed by atoms with van der Waals surface area (Å²) in [7, 11) is 1.17. The van der Waals surface area contributed by atoms with Gasteiger partial charge in [-0.1, -0.05) is 0 Å². The lowest BCUT2D eigenvalue weighted by Gasteiger charge is -2.16. The minimum atomic E-state index is -1.35. The summed E-state index contributed by atoms with van der Waals surface area (Å²) in [5.41, 5.74) is 0.156. The average molecular weight is 229 g/mol. The second-order valence-electron chi connectivity index (χ2n) is 3.20. The Labute approximate surface area is 91.5 Å². The Kier molecular flexibility index (Phi) is 4.33. The van der Waals surface area contributed by atoms with E-state index in [4.69, 9.17) is 0 Å². The van der Waals surface area contributed by atoms with Crippen molar-refractivity contribution in [3.63, 3.8) is 0 Å². The number of carbonyl (C=O) groups excluding carboxylic acids is 1. The smallest absolute Gasteiger partial charge is 0.308 e. The Hall–Kier alpha value is -1.53. The van der Waals surface area contributed by atoms with Crippen LogP contribution in [0.1, 0.15) is 18.1 Å². The van der Waals surface area contributed by atoms with Crippen molar-refractivity contribution in [3.05, 3.63) is 29.8 Å². The van der Waals surface area contributed by atoms with Gasteiger partial charge in [-0.05, 0) is 17.7 Å². The zero-order valence-corrected chi connectivity index (χ0v) is 8.63. The number of carbonyl (C=O) groups is 1. The van der Waals surface area contributed by atoms with Gasteiger partial charge in [-0.15, -0.1) is 0 Å². The van der Waals surface area contributed by atoms with Crippen LogP contribution in [-0.4, -0.2) is 34.4 Å². The molecule has 6 heteroatoms. The third-order valence-corrected chi connectivity index (χ3v) is 2.06. The third-order valence-electron chi connectivity index (χ3n) is 2.06. The molecule has 1 aromatic heterocycles. The highest BCUT2D eigenvalue weighted by Gasteiger charge is 2.22. The van der Waals surface area contributed by atoms with E-state index >= 15 is 0 Å². The van der Waals surface area contributed by atoms with E-state index in [1.165, 1.54) is 19.4 Å². The van der Waals surface area contributed by atoms with E-state index in [-0.39, 0.29) is 12.0 Å². The minimum Gasteiger partial charge on any atom is -0.469 e. The van der Waals surface area contributed by atoms with Crippen LogP contribution in [0, 0.1) is 5.95 Å². The predicted molar refractivity (Wildman–Crippen MR) is 51.8 cm³/mol. The minimum absolute atomic E-state index is 0.156. The second kappa shape index (κ2) is 5.53. The van der Waals surface area contributed by atoms with E-state index in [1.54, 1.807) is 0 Å². The fraction of sp³-hybridized carbons (Fsp3) is 0.400. The number of esters is 1. The summed E-state index contributed by atoms with van der Waals surface area (Å²) in [6, 6.07) is 2.35. The highest BCUT2D eigenvalue weighted by atomic mass is 19.1. The molecular weight excluding hydrogens is 217 g/mol.